The number of fused-ring (bicyclic) bond motifs is 1. The van der Waals surface area contributed by atoms with E-state index in [9.17, 15) is 9.59 Å². The molecule has 5 heteroatoms. The van der Waals surface area contributed by atoms with Gasteiger partial charge in [-0.3, -0.25) is 9.59 Å². The number of allylic oxidation sites excluding steroid dienone is 2. The minimum atomic E-state index is -0.423. The van der Waals surface area contributed by atoms with Crippen LogP contribution in [0.25, 0.3) is 11.1 Å². The van der Waals surface area contributed by atoms with Crippen LogP contribution >= 0.6 is 0 Å². The Morgan fingerprint density at radius 3 is 2.69 bits per heavy atom. The molecule has 3 N–H and O–H groups in total. The fraction of sp³-hybridized carbons (Fsp3) is 0.226. The first-order valence-electron chi connectivity index (χ1n) is 12.6. The molecule has 2 aliphatic rings. The highest BCUT2D eigenvalue weighted by atomic mass is 16.2. The van der Waals surface area contributed by atoms with Crippen LogP contribution in [-0.2, 0) is 13.0 Å². The summed E-state index contributed by atoms with van der Waals surface area (Å²) < 4.78 is 0. The molecule has 0 radical (unpaired) electrons. The smallest absolute Gasteiger partial charge is 0.251 e. The molecule has 0 saturated carbocycles. The number of anilines is 1. The fourth-order valence-corrected chi connectivity index (χ4v) is 5.07. The van der Waals surface area contributed by atoms with Crippen LogP contribution in [0, 0.1) is 0 Å². The third-order valence-corrected chi connectivity index (χ3v) is 6.89. The number of hydrogen-bond donors (Lipinski definition) is 2. The van der Waals surface area contributed by atoms with Gasteiger partial charge in [0.15, 0.2) is 0 Å². The predicted molar refractivity (Wildman–Crippen MR) is 145 cm³/mol. The van der Waals surface area contributed by atoms with Crippen LogP contribution in [0.15, 0.2) is 90.5 Å². The summed E-state index contributed by atoms with van der Waals surface area (Å²) in [5.41, 5.74) is 13.4. The number of nitrogens with two attached hydrogens (primary N) is 1. The first-order chi connectivity index (χ1) is 17.6. The number of amides is 2. The highest BCUT2D eigenvalue weighted by Gasteiger charge is 2.19. The summed E-state index contributed by atoms with van der Waals surface area (Å²) in [5, 5.41) is 3.06. The zero-order valence-corrected chi connectivity index (χ0v) is 20.4. The number of benzene rings is 3. The third-order valence-electron chi connectivity index (χ3n) is 6.89. The molecule has 1 heterocycles. The van der Waals surface area contributed by atoms with Crippen molar-refractivity contribution in [3.8, 4) is 11.1 Å². The SMILES string of the molecule is NC(=O)c1ccccc1-c1cccc(CN2CCCc3cc(C(=O)NCC4=CCCC=C4)ccc32)c1. The van der Waals surface area contributed by atoms with Gasteiger partial charge in [-0.2, -0.15) is 0 Å². The summed E-state index contributed by atoms with van der Waals surface area (Å²) in [6.45, 7) is 2.28. The van der Waals surface area contributed by atoms with Crippen molar-refractivity contribution in [2.45, 2.75) is 32.2 Å². The maximum absolute atomic E-state index is 12.8. The second-order valence-electron chi connectivity index (χ2n) is 9.42. The molecule has 3 aromatic rings. The molecule has 2 amide bonds. The quantitative estimate of drug-likeness (QED) is 0.478. The summed E-state index contributed by atoms with van der Waals surface area (Å²) in [5.74, 6) is -0.455. The molecule has 1 aliphatic carbocycles. The molecule has 0 atom stereocenters. The average Bonchev–Trinajstić information content (AvgIpc) is 2.92. The summed E-state index contributed by atoms with van der Waals surface area (Å²) in [6, 6.07) is 21.8. The van der Waals surface area contributed by atoms with E-state index in [2.05, 4.69) is 46.6 Å². The number of rotatable bonds is 7. The van der Waals surface area contributed by atoms with Gasteiger partial charge >= 0.3 is 0 Å². The van der Waals surface area contributed by atoms with Gasteiger partial charge in [0.1, 0.15) is 0 Å². The predicted octanol–water partition coefficient (Wildman–Crippen LogP) is 5.41. The van der Waals surface area contributed by atoms with E-state index < -0.39 is 5.91 Å². The molecule has 5 rings (SSSR count). The van der Waals surface area contributed by atoms with Gasteiger partial charge in [0, 0.05) is 36.4 Å². The molecular formula is C31H31N3O2. The van der Waals surface area contributed by atoms with Crippen LogP contribution in [-0.4, -0.2) is 24.9 Å². The minimum absolute atomic E-state index is 0.0318. The molecule has 0 spiro atoms. The first kappa shape index (κ1) is 23.6. The van der Waals surface area contributed by atoms with Gasteiger partial charge in [0.25, 0.3) is 5.91 Å². The first-order valence-corrected chi connectivity index (χ1v) is 12.6. The fourth-order valence-electron chi connectivity index (χ4n) is 5.07. The summed E-state index contributed by atoms with van der Waals surface area (Å²) in [7, 11) is 0. The van der Waals surface area contributed by atoms with Gasteiger partial charge in [-0.25, -0.2) is 0 Å². The zero-order chi connectivity index (χ0) is 24.9. The van der Waals surface area contributed by atoms with Crippen LogP contribution in [0.2, 0.25) is 0 Å². The Morgan fingerprint density at radius 2 is 1.86 bits per heavy atom. The number of carbonyl (C=O) groups is 2. The van der Waals surface area contributed by atoms with Gasteiger partial charge in [0.05, 0.1) is 0 Å². The number of hydrogen-bond acceptors (Lipinski definition) is 3. The molecular weight excluding hydrogens is 446 g/mol. The van der Waals surface area contributed by atoms with E-state index in [-0.39, 0.29) is 5.91 Å². The van der Waals surface area contributed by atoms with Gasteiger partial charge in [-0.05, 0) is 83.8 Å². The van der Waals surface area contributed by atoms with Gasteiger partial charge < -0.3 is 16.0 Å². The van der Waals surface area contributed by atoms with Crippen molar-refractivity contribution in [2.24, 2.45) is 5.73 Å². The topological polar surface area (TPSA) is 75.4 Å². The third kappa shape index (κ3) is 5.25. The number of primary amides is 1. The van der Waals surface area contributed by atoms with E-state index in [1.807, 2.05) is 42.5 Å². The van der Waals surface area contributed by atoms with E-state index in [1.54, 1.807) is 6.07 Å². The van der Waals surface area contributed by atoms with Crippen molar-refractivity contribution in [3.05, 3.63) is 113 Å². The highest BCUT2D eigenvalue weighted by molar-refractivity contribution is 5.99. The van der Waals surface area contributed by atoms with Gasteiger partial charge in [-0.15, -0.1) is 0 Å². The lowest BCUT2D eigenvalue weighted by atomic mass is 9.96. The second-order valence-corrected chi connectivity index (χ2v) is 9.42. The van der Waals surface area contributed by atoms with Crippen molar-refractivity contribution in [2.75, 3.05) is 18.0 Å². The van der Waals surface area contributed by atoms with Crippen molar-refractivity contribution >= 4 is 17.5 Å². The lowest BCUT2D eigenvalue weighted by molar-refractivity contribution is 0.0955. The molecule has 1 aliphatic heterocycles. The summed E-state index contributed by atoms with van der Waals surface area (Å²) >= 11 is 0. The Balaban J connectivity index is 1.32. The molecule has 0 bridgehead atoms. The normalized spacial score (nSPS) is 14.7. The number of nitrogens with one attached hydrogen (secondary N) is 1. The molecule has 0 aromatic heterocycles. The molecule has 0 fully saturated rings. The van der Waals surface area contributed by atoms with E-state index in [4.69, 9.17) is 5.73 Å². The van der Waals surface area contributed by atoms with Crippen LogP contribution in [0.3, 0.4) is 0 Å². The average molecular weight is 478 g/mol. The summed E-state index contributed by atoms with van der Waals surface area (Å²) in [6.07, 6.45) is 10.6. The maximum Gasteiger partial charge on any atom is 0.251 e. The van der Waals surface area contributed by atoms with E-state index in [1.165, 1.54) is 16.8 Å². The molecule has 0 unspecified atom stereocenters. The van der Waals surface area contributed by atoms with Crippen LogP contribution in [0.5, 0.6) is 0 Å². The Morgan fingerprint density at radius 1 is 0.972 bits per heavy atom. The Labute approximate surface area is 212 Å². The molecule has 36 heavy (non-hydrogen) atoms. The van der Waals surface area contributed by atoms with E-state index >= 15 is 0 Å². The van der Waals surface area contributed by atoms with Crippen LogP contribution in [0.1, 0.15) is 51.1 Å². The Bertz CT molecular complexity index is 1360. The van der Waals surface area contributed by atoms with Crippen molar-refractivity contribution in [3.63, 3.8) is 0 Å². The maximum atomic E-state index is 12.8. The monoisotopic (exact) mass is 477 g/mol. The molecule has 3 aromatic carbocycles. The van der Waals surface area contributed by atoms with E-state index in [0.29, 0.717) is 17.7 Å². The number of carbonyl (C=O) groups excluding carboxylic acids is 2. The van der Waals surface area contributed by atoms with Gasteiger partial charge in [-0.1, -0.05) is 54.6 Å². The largest absolute Gasteiger partial charge is 0.367 e. The zero-order valence-electron chi connectivity index (χ0n) is 20.4. The van der Waals surface area contributed by atoms with Crippen molar-refractivity contribution in [1.82, 2.24) is 5.32 Å². The molecule has 182 valence electrons. The standard InChI is InChI=1S/C31H31N3O2/c32-30(35)28-14-5-4-13-27(28)24-11-6-10-23(18-24)21-34-17-7-12-25-19-26(15-16-29(25)34)31(36)33-20-22-8-2-1-3-9-22/h2,4-6,8-11,13-16,18-19H,1,3,7,12,17,20-21H2,(H2,32,35)(H,33,36). The Hall–Kier alpha value is -4.12. The summed E-state index contributed by atoms with van der Waals surface area (Å²) in [4.78, 5) is 27.1. The van der Waals surface area contributed by atoms with Crippen LogP contribution < -0.4 is 16.0 Å². The van der Waals surface area contributed by atoms with Crippen molar-refractivity contribution < 1.29 is 9.59 Å². The lowest BCUT2D eigenvalue weighted by Gasteiger charge is -2.32. The molecule has 5 nitrogen and oxygen atoms in total. The van der Waals surface area contributed by atoms with Crippen LogP contribution in [0.4, 0.5) is 5.69 Å². The minimum Gasteiger partial charge on any atom is -0.367 e. The lowest BCUT2D eigenvalue weighted by Crippen LogP contribution is -2.30. The van der Waals surface area contributed by atoms with E-state index in [0.717, 1.165) is 55.5 Å². The Kier molecular flexibility index (Phi) is 6.99. The number of nitrogens with zero attached hydrogens (tertiary/aromatic N) is 1. The second kappa shape index (κ2) is 10.6. The number of aryl methyl sites for hydroxylation is 1. The van der Waals surface area contributed by atoms with Crippen molar-refractivity contribution in [1.29, 1.82) is 0 Å². The highest BCUT2D eigenvalue weighted by Crippen LogP contribution is 2.31. The molecule has 0 saturated heterocycles. The van der Waals surface area contributed by atoms with Gasteiger partial charge in [0.2, 0.25) is 5.91 Å².